The van der Waals surface area contributed by atoms with Crippen molar-refractivity contribution in [2.75, 3.05) is 6.54 Å². The molecule has 1 aromatic rings. The van der Waals surface area contributed by atoms with E-state index in [2.05, 4.69) is 4.98 Å². The molecule has 0 saturated heterocycles. The lowest BCUT2D eigenvalue weighted by Crippen LogP contribution is -2.40. The average Bonchev–Trinajstić information content (AvgIpc) is 2.81. The standard InChI is InChI=1S/C11H16N4O5/c1-8(2)14(6-11(17)18)10(16)3-4-13-5-9(12-7-13)15(19)20/h5,7-8H,3-4,6H2,1-2H3,(H,17,18). The summed E-state index contributed by atoms with van der Waals surface area (Å²) >= 11 is 0. The zero-order valence-corrected chi connectivity index (χ0v) is 11.2. The predicted octanol–water partition coefficient (Wildman–Crippen LogP) is 0.503. The Morgan fingerprint density at radius 3 is 2.65 bits per heavy atom. The Balaban J connectivity index is 2.59. The van der Waals surface area contributed by atoms with Crippen molar-refractivity contribution < 1.29 is 19.6 Å². The highest BCUT2D eigenvalue weighted by Gasteiger charge is 2.20. The number of aromatic nitrogens is 2. The number of carboxylic acid groups (broad SMARTS) is 1. The third-order valence-electron chi connectivity index (χ3n) is 2.64. The Bertz CT molecular complexity index is 511. The molecular weight excluding hydrogens is 268 g/mol. The van der Waals surface area contributed by atoms with Gasteiger partial charge in [-0.3, -0.25) is 9.59 Å². The Morgan fingerprint density at radius 1 is 1.55 bits per heavy atom. The van der Waals surface area contributed by atoms with Gasteiger partial charge in [-0.05, 0) is 23.8 Å². The molecule has 0 saturated carbocycles. The van der Waals surface area contributed by atoms with E-state index in [4.69, 9.17) is 5.11 Å². The molecule has 1 rings (SSSR count). The molecule has 1 aromatic heterocycles. The number of amides is 1. The Hall–Kier alpha value is -2.45. The largest absolute Gasteiger partial charge is 0.480 e. The minimum absolute atomic E-state index is 0.0545. The maximum Gasteiger partial charge on any atom is 0.381 e. The van der Waals surface area contributed by atoms with E-state index in [1.165, 1.54) is 22.0 Å². The van der Waals surface area contributed by atoms with Crippen LogP contribution in [0.15, 0.2) is 12.5 Å². The van der Waals surface area contributed by atoms with Crippen molar-refractivity contribution in [2.24, 2.45) is 0 Å². The van der Waals surface area contributed by atoms with Crippen LogP contribution in [-0.4, -0.2) is 48.9 Å². The van der Waals surface area contributed by atoms with E-state index >= 15 is 0 Å². The normalized spacial score (nSPS) is 10.6. The van der Waals surface area contributed by atoms with Gasteiger partial charge in [0, 0.05) is 19.0 Å². The molecule has 0 bridgehead atoms. The molecule has 0 fully saturated rings. The quantitative estimate of drug-likeness (QED) is 0.575. The van der Waals surface area contributed by atoms with Gasteiger partial charge < -0.3 is 24.7 Å². The highest BCUT2D eigenvalue weighted by atomic mass is 16.6. The molecule has 1 amide bonds. The first-order valence-corrected chi connectivity index (χ1v) is 5.98. The van der Waals surface area contributed by atoms with Crippen LogP contribution in [0.25, 0.3) is 0 Å². The number of nitro groups is 1. The molecule has 0 spiro atoms. The zero-order valence-electron chi connectivity index (χ0n) is 11.2. The monoisotopic (exact) mass is 284 g/mol. The number of hydrogen-bond acceptors (Lipinski definition) is 5. The van der Waals surface area contributed by atoms with E-state index in [9.17, 15) is 19.7 Å². The van der Waals surface area contributed by atoms with Crippen molar-refractivity contribution in [3.8, 4) is 0 Å². The van der Waals surface area contributed by atoms with Crippen molar-refractivity contribution in [3.63, 3.8) is 0 Å². The lowest BCUT2D eigenvalue weighted by Gasteiger charge is -2.24. The highest BCUT2D eigenvalue weighted by molar-refractivity contribution is 5.81. The van der Waals surface area contributed by atoms with Gasteiger partial charge in [0.1, 0.15) is 12.7 Å². The van der Waals surface area contributed by atoms with Gasteiger partial charge in [-0.2, -0.15) is 0 Å². The molecular formula is C11H16N4O5. The summed E-state index contributed by atoms with van der Waals surface area (Å²) in [6.07, 6.45) is 2.55. The van der Waals surface area contributed by atoms with Crippen LogP contribution in [-0.2, 0) is 16.1 Å². The number of carbonyl (C=O) groups is 2. The number of carboxylic acids is 1. The van der Waals surface area contributed by atoms with Gasteiger partial charge in [-0.1, -0.05) is 0 Å². The third kappa shape index (κ3) is 4.34. The number of nitrogens with zero attached hydrogens (tertiary/aromatic N) is 4. The van der Waals surface area contributed by atoms with Crippen LogP contribution in [0.5, 0.6) is 0 Å². The minimum atomic E-state index is -1.08. The summed E-state index contributed by atoms with van der Waals surface area (Å²) in [5, 5.41) is 19.2. The second kappa shape index (κ2) is 6.64. The number of imidazole rings is 1. The lowest BCUT2D eigenvalue weighted by atomic mass is 10.2. The average molecular weight is 284 g/mol. The van der Waals surface area contributed by atoms with Crippen LogP contribution in [0.2, 0.25) is 0 Å². The third-order valence-corrected chi connectivity index (χ3v) is 2.64. The molecule has 110 valence electrons. The molecule has 0 aliphatic rings. The van der Waals surface area contributed by atoms with Gasteiger partial charge in [0.25, 0.3) is 0 Å². The number of rotatable bonds is 7. The lowest BCUT2D eigenvalue weighted by molar-refractivity contribution is -0.389. The van der Waals surface area contributed by atoms with Crippen molar-refractivity contribution in [1.29, 1.82) is 0 Å². The summed E-state index contributed by atoms with van der Waals surface area (Å²) in [5.74, 6) is -1.69. The minimum Gasteiger partial charge on any atom is -0.480 e. The molecule has 0 radical (unpaired) electrons. The fourth-order valence-electron chi connectivity index (χ4n) is 1.64. The van der Waals surface area contributed by atoms with Crippen molar-refractivity contribution in [2.45, 2.75) is 32.9 Å². The van der Waals surface area contributed by atoms with Gasteiger partial charge in [0.15, 0.2) is 0 Å². The first-order valence-electron chi connectivity index (χ1n) is 5.98. The first kappa shape index (κ1) is 15.6. The number of aryl methyl sites for hydroxylation is 1. The summed E-state index contributed by atoms with van der Waals surface area (Å²) in [7, 11) is 0. The maximum absolute atomic E-state index is 11.9. The molecule has 0 aromatic carbocycles. The van der Waals surface area contributed by atoms with Crippen LogP contribution in [0, 0.1) is 10.1 Å². The molecule has 0 unspecified atom stereocenters. The van der Waals surface area contributed by atoms with Crippen LogP contribution in [0.1, 0.15) is 20.3 Å². The Kier molecular flexibility index (Phi) is 5.18. The fourth-order valence-corrected chi connectivity index (χ4v) is 1.64. The smallest absolute Gasteiger partial charge is 0.381 e. The van der Waals surface area contributed by atoms with E-state index in [0.29, 0.717) is 0 Å². The molecule has 9 heteroatoms. The topological polar surface area (TPSA) is 119 Å². The zero-order chi connectivity index (χ0) is 15.3. The second-order valence-electron chi connectivity index (χ2n) is 4.49. The van der Waals surface area contributed by atoms with Crippen molar-refractivity contribution in [3.05, 3.63) is 22.6 Å². The second-order valence-corrected chi connectivity index (χ2v) is 4.49. The predicted molar refractivity (Wildman–Crippen MR) is 68.0 cm³/mol. The molecule has 20 heavy (non-hydrogen) atoms. The summed E-state index contributed by atoms with van der Waals surface area (Å²) in [5.41, 5.74) is 0. The summed E-state index contributed by atoms with van der Waals surface area (Å²) in [4.78, 5) is 37.3. The van der Waals surface area contributed by atoms with E-state index < -0.39 is 10.9 Å². The van der Waals surface area contributed by atoms with Gasteiger partial charge in [0.05, 0.1) is 0 Å². The molecule has 0 aliphatic heterocycles. The molecule has 9 nitrogen and oxygen atoms in total. The SMILES string of the molecule is CC(C)N(CC(=O)O)C(=O)CCn1cnc([N+](=O)[O-])c1. The summed E-state index contributed by atoms with van der Waals surface area (Å²) < 4.78 is 1.43. The maximum atomic E-state index is 11.9. The highest BCUT2D eigenvalue weighted by Crippen LogP contribution is 2.08. The number of carbonyl (C=O) groups excluding carboxylic acids is 1. The van der Waals surface area contributed by atoms with Crippen LogP contribution >= 0.6 is 0 Å². The molecule has 1 heterocycles. The first-order chi connectivity index (χ1) is 9.31. The Labute approximate surface area is 115 Å². The van der Waals surface area contributed by atoms with Gasteiger partial charge in [-0.15, -0.1) is 0 Å². The van der Waals surface area contributed by atoms with E-state index in [-0.39, 0.29) is 37.3 Å². The molecule has 1 N–H and O–H groups in total. The Morgan fingerprint density at radius 2 is 2.20 bits per heavy atom. The summed E-state index contributed by atoms with van der Waals surface area (Å²) in [6.45, 7) is 3.30. The molecule has 0 aliphatic carbocycles. The number of aliphatic carboxylic acids is 1. The van der Waals surface area contributed by atoms with Crippen molar-refractivity contribution >= 4 is 17.7 Å². The fraction of sp³-hybridized carbons (Fsp3) is 0.545. The van der Waals surface area contributed by atoms with Gasteiger partial charge >= 0.3 is 11.8 Å². The van der Waals surface area contributed by atoms with Crippen LogP contribution in [0.4, 0.5) is 5.82 Å². The van der Waals surface area contributed by atoms with Crippen LogP contribution < -0.4 is 0 Å². The van der Waals surface area contributed by atoms with E-state index in [1.807, 2.05) is 0 Å². The van der Waals surface area contributed by atoms with Gasteiger partial charge in [0.2, 0.25) is 12.2 Å². The summed E-state index contributed by atoms with van der Waals surface area (Å²) in [6, 6.07) is -0.226. The number of hydrogen-bond donors (Lipinski definition) is 1. The van der Waals surface area contributed by atoms with E-state index in [1.54, 1.807) is 13.8 Å². The van der Waals surface area contributed by atoms with Gasteiger partial charge in [-0.25, -0.2) is 0 Å². The molecule has 0 atom stereocenters. The van der Waals surface area contributed by atoms with Crippen LogP contribution in [0.3, 0.4) is 0 Å². The van der Waals surface area contributed by atoms with Crippen molar-refractivity contribution in [1.82, 2.24) is 14.5 Å². The van der Waals surface area contributed by atoms with E-state index in [0.717, 1.165) is 0 Å².